The Hall–Kier alpha value is -1.10. The minimum absolute atomic E-state index is 0.0103. The Kier molecular flexibility index (Phi) is 5.25. The van der Waals surface area contributed by atoms with Gasteiger partial charge in [-0.1, -0.05) is 12.8 Å². The number of rotatable bonds is 6. The van der Waals surface area contributed by atoms with Crippen LogP contribution in [-0.2, 0) is 9.59 Å². The zero-order valence-electron chi connectivity index (χ0n) is 9.65. The summed E-state index contributed by atoms with van der Waals surface area (Å²) < 4.78 is 0. The second-order valence-electron chi connectivity index (χ2n) is 4.32. The number of amides is 2. The predicted octanol–water partition coefficient (Wildman–Crippen LogP) is -0.0182. The number of hydrogen-bond acceptors (Lipinski definition) is 3. The van der Waals surface area contributed by atoms with Crippen molar-refractivity contribution >= 4 is 11.8 Å². The maximum absolute atomic E-state index is 11.9. The first-order valence-electron chi connectivity index (χ1n) is 5.93. The number of carbonyl (C=O) groups is 2. The molecule has 0 atom stereocenters. The summed E-state index contributed by atoms with van der Waals surface area (Å²) in [5.74, 6) is -0.427. The SMILES string of the molecule is NCCCC(=O)N(CC(N)=O)C1CCCC1. The zero-order chi connectivity index (χ0) is 12.0. The molecule has 1 saturated carbocycles. The van der Waals surface area contributed by atoms with Crippen LogP contribution in [0, 0.1) is 0 Å². The van der Waals surface area contributed by atoms with Crippen molar-refractivity contribution in [3.8, 4) is 0 Å². The van der Waals surface area contributed by atoms with E-state index in [9.17, 15) is 9.59 Å². The van der Waals surface area contributed by atoms with Crippen molar-refractivity contribution in [3.63, 3.8) is 0 Å². The molecule has 1 rings (SSSR count). The summed E-state index contributed by atoms with van der Waals surface area (Å²) >= 11 is 0. The van der Waals surface area contributed by atoms with E-state index >= 15 is 0 Å². The molecule has 0 bridgehead atoms. The topological polar surface area (TPSA) is 89.4 Å². The first-order valence-corrected chi connectivity index (χ1v) is 5.93. The monoisotopic (exact) mass is 227 g/mol. The molecule has 0 aliphatic heterocycles. The van der Waals surface area contributed by atoms with Gasteiger partial charge in [0.15, 0.2) is 0 Å². The van der Waals surface area contributed by atoms with Gasteiger partial charge in [0, 0.05) is 12.5 Å². The van der Waals surface area contributed by atoms with E-state index in [1.165, 1.54) is 0 Å². The van der Waals surface area contributed by atoms with Crippen molar-refractivity contribution in [2.24, 2.45) is 11.5 Å². The molecule has 2 amide bonds. The Bertz CT molecular complexity index is 250. The molecule has 0 aromatic heterocycles. The second kappa shape index (κ2) is 6.48. The molecule has 92 valence electrons. The van der Waals surface area contributed by atoms with Crippen molar-refractivity contribution in [1.29, 1.82) is 0 Å². The van der Waals surface area contributed by atoms with E-state index in [0.717, 1.165) is 25.7 Å². The number of nitrogens with two attached hydrogens (primary N) is 2. The fraction of sp³-hybridized carbons (Fsp3) is 0.818. The Morgan fingerprint density at radius 1 is 1.25 bits per heavy atom. The molecule has 0 spiro atoms. The number of carbonyl (C=O) groups excluding carboxylic acids is 2. The standard InChI is InChI=1S/C11H21N3O2/c12-7-3-6-11(16)14(8-10(13)15)9-4-1-2-5-9/h9H,1-8,12H2,(H2,13,15). The Morgan fingerprint density at radius 2 is 1.88 bits per heavy atom. The van der Waals surface area contributed by atoms with Crippen molar-refractivity contribution < 1.29 is 9.59 Å². The molecule has 1 aliphatic rings. The molecule has 5 heteroatoms. The van der Waals surface area contributed by atoms with Gasteiger partial charge in [0.05, 0.1) is 6.54 Å². The molecule has 0 saturated heterocycles. The lowest BCUT2D eigenvalue weighted by molar-refractivity contribution is -0.137. The van der Waals surface area contributed by atoms with Gasteiger partial charge < -0.3 is 16.4 Å². The minimum Gasteiger partial charge on any atom is -0.368 e. The number of hydrogen-bond donors (Lipinski definition) is 2. The average Bonchev–Trinajstić information content (AvgIpc) is 2.75. The van der Waals surface area contributed by atoms with E-state index in [2.05, 4.69) is 0 Å². The Balaban J connectivity index is 2.54. The summed E-state index contributed by atoms with van der Waals surface area (Å²) in [7, 11) is 0. The zero-order valence-corrected chi connectivity index (χ0v) is 9.65. The summed E-state index contributed by atoms with van der Waals surface area (Å²) in [6.45, 7) is 0.550. The molecule has 0 aromatic rings. The Morgan fingerprint density at radius 3 is 2.38 bits per heavy atom. The van der Waals surface area contributed by atoms with Gasteiger partial charge in [-0.05, 0) is 25.8 Å². The molecule has 16 heavy (non-hydrogen) atoms. The molecular formula is C11H21N3O2. The summed E-state index contributed by atoms with van der Waals surface area (Å²) in [5.41, 5.74) is 10.5. The fourth-order valence-electron chi connectivity index (χ4n) is 2.20. The molecule has 0 heterocycles. The third-order valence-corrected chi connectivity index (χ3v) is 3.01. The van der Waals surface area contributed by atoms with Crippen LogP contribution < -0.4 is 11.5 Å². The van der Waals surface area contributed by atoms with Crippen molar-refractivity contribution in [2.45, 2.75) is 44.6 Å². The van der Waals surface area contributed by atoms with E-state index in [0.29, 0.717) is 19.4 Å². The molecule has 0 radical (unpaired) electrons. The molecule has 4 N–H and O–H groups in total. The molecule has 1 fully saturated rings. The summed E-state index contributed by atoms with van der Waals surface area (Å²) in [6.07, 6.45) is 5.32. The molecular weight excluding hydrogens is 206 g/mol. The van der Waals surface area contributed by atoms with Crippen molar-refractivity contribution in [2.75, 3.05) is 13.1 Å². The van der Waals surface area contributed by atoms with Crippen LogP contribution in [-0.4, -0.2) is 35.8 Å². The highest BCUT2D eigenvalue weighted by molar-refractivity contribution is 5.84. The van der Waals surface area contributed by atoms with E-state index in [4.69, 9.17) is 11.5 Å². The first-order chi connectivity index (χ1) is 7.65. The third kappa shape index (κ3) is 3.81. The van der Waals surface area contributed by atoms with Gasteiger partial charge in [0.1, 0.15) is 0 Å². The van der Waals surface area contributed by atoms with Crippen LogP contribution in [0.1, 0.15) is 38.5 Å². The van der Waals surface area contributed by atoms with Crippen LogP contribution in [0.25, 0.3) is 0 Å². The lowest BCUT2D eigenvalue weighted by Crippen LogP contribution is -2.44. The van der Waals surface area contributed by atoms with Crippen LogP contribution in [0.3, 0.4) is 0 Å². The van der Waals surface area contributed by atoms with Crippen LogP contribution in [0.4, 0.5) is 0 Å². The van der Waals surface area contributed by atoms with Crippen LogP contribution in [0.2, 0.25) is 0 Å². The van der Waals surface area contributed by atoms with E-state index in [1.54, 1.807) is 4.90 Å². The maximum Gasteiger partial charge on any atom is 0.237 e. The van der Waals surface area contributed by atoms with Crippen LogP contribution in [0.15, 0.2) is 0 Å². The predicted molar refractivity (Wildman–Crippen MR) is 61.5 cm³/mol. The maximum atomic E-state index is 11.9. The van der Waals surface area contributed by atoms with Gasteiger partial charge in [0.25, 0.3) is 0 Å². The van der Waals surface area contributed by atoms with Gasteiger partial charge >= 0.3 is 0 Å². The van der Waals surface area contributed by atoms with Gasteiger partial charge in [-0.2, -0.15) is 0 Å². The highest BCUT2D eigenvalue weighted by Crippen LogP contribution is 2.23. The largest absolute Gasteiger partial charge is 0.368 e. The first kappa shape index (κ1) is 13.0. The molecule has 0 unspecified atom stereocenters. The van der Waals surface area contributed by atoms with Crippen LogP contribution in [0.5, 0.6) is 0 Å². The number of primary amides is 1. The van der Waals surface area contributed by atoms with Gasteiger partial charge in [-0.15, -0.1) is 0 Å². The summed E-state index contributed by atoms with van der Waals surface area (Å²) in [5, 5.41) is 0. The van der Waals surface area contributed by atoms with Crippen molar-refractivity contribution in [3.05, 3.63) is 0 Å². The third-order valence-electron chi connectivity index (χ3n) is 3.01. The lowest BCUT2D eigenvalue weighted by Gasteiger charge is -2.27. The highest BCUT2D eigenvalue weighted by Gasteiger charge is 2.27. The number of nitrogens with zero attached hydrogens (tertiary/aromatic N) is 1. The van der Waals surface area contributed by atoms with E-state index in [-0.39, 0.29) is 18.5 Å². The van der Waals surface area contributed by atoms with Gasteiger partial charge in [0.2, 0.25) is 11.8 Å². The van der Waals surface area contributed by atoms with Crippen molar-refractivity contribution in [1.82, 2.24) is 4.90 Å². The fourth-order valence-corrected chi connectivity index (χ4v) is 2.20. The summed E-state index contributed by atoms with van der Waals surface area (Å²) in [6, 6.07) is 0.206. The summed E-state index contributed by atoms with van der Waals surface area (Å²) in [4.78, 5) is 24.5. The quantitative estimate of drug-likeness (QED) is 0.668. The lowest BCUT2D eigenvalue weighted by atomic mass is 10.1. The van der Waals surface area contributed by atoms with Gasteiger partial charge in [-0.3, -0.25) is 9.59 Å². The normalized spacial score (nSPS) is 16.3. The minimum atomic E-state index is -0.437. The van der Waals surface area contributed by atoms with Crippen LogP contribution >= 0.6 is 0 Å². The second-order valence-corrected chi connectivity index (χ2v) is 4.32. The Labute approximate surface area is 96.1 Å². The molecule has 0 aromatic carbocycles. The smallest absolute Gasteiger partial charge is 0.237 e. The molecule has 1 aliphatic carbocycles. The molecule has 5 nitrogen and oxygen atoms in total. The van der Waals surface area contributed by atoms with E-state index < -0.39 is 5.91 Å². The van der Waals surface area contributed by atoms with Gasteiger partial charge in [-0.25, -0.2) is 0 Å². The van der Waals surface area contributed by atoms with E-state index in [1.807, 2.05) is 0 Å². The highest BCUT2D eigenvalue weighted by atomic mass is 16.2. The average molecular weight is 227 g/mol.